The van der Waals surface area contributed by atoms with Crippen LogP contribution in [0.2, 0.25) is 0 Å². The maximum atomic E-state index is 10.6. The third kappa shape index (κ3) is 1.40. The zero-order chi connectivity index (χ0) is 11.0. The van der Waals surface area contributed by atoms with E-state index in [1.807, 2.05) is 6.07 Å². The molecule has 0 aliphatic carbocycles. The lowest BCUT2D eigenvalue weighted by molar-refractivity contribution is -0.384. The predicted octanol–water partition coefficient (Wildman–Crippen LogP) is 1.35. The van der Waals surface area contributed by atoms with Crippen LogP contribution < -0.4 is 0 Å². The number of aryl methyl sites for hydroxylation is 1. The number of fused-ring (bicyclic) bond motifs is 1. The first-order valence-corrected chi connectivity index (χ1v) is 4.13. The van der Waals surface area contributed by atoms with Crippen LogP contribution in [0.15, 0.2) is 18.3 Å². The molecule has 2 rings (SSSR count). The molecule has 2 aromatic rings. The Morgan fingerprint density at radius 1 is 1.60 bits per heavy atom. The van der Waals surface area contributed by atoms with Gasteiger partial charge in [0.05, 0.1) is 10.5 Å². The van der Waals surface area contributed by atoms with Gasteiger partial charge in [-0.3, -0.25) is 14.8 Å². The smallest absolute Gasteiger partial charge is 0.271 e. The molecule has 15 heavy (non-hydrogen) atoms. The molecule has 0 aliphatic rings. The van der Waals surface area contributed by atoms with E-state index < -0.39 is 4.92 Å². The van der Waals surface area contributed by atoms with Crippen molar-refractivity contribution < 1.29 is 4.92 Å². The fraction of sp³-hybridized carbons (Fsp3) is 0.111. The number of non-ortho nitro benzene ring substituents is 1. The normalized spacial score (nSPS) is 10.1. The first-order chi connectivity index (χ1) is 7.11. The predicted molar refractivity (Wildman–Crippen MR) is 52.1 cm³/mol. The maximum absolute atomic E-state index is 10.6. The molecule has 0 atom stereocenters. The Balaban J connectivity index is 2.83. The zero-order valence-corrected chi connectivity index (χ0v) is 7.84. The molecule has 6 heteroatoms. The Labute approximate surface area is 84.5 Å². The van der Waals surface area contributed by atoms with Gasteiger partial charge in [-0.15, -0.1) is 0 Å². The Morgan fingerprint density at radius 2 is 2.33 bits per heavy atom. The number of hydrogen-bond donors (Lipinski definition) is 0. The van der Waals surface area contributed by atoms with Gasteiger partial charge in [0.25, 0.3) is 5.69 Å². The summed E-state index contributed by atoms with van der Waals surface area (Å²) < 4.78 is 1.52. The lowest BCUT2D eigenvalue weighted by Gasteiger charge is -1.93. The molecule has 0 radical (unpaired) electrons. The fourth-order valence-corrected chi connectivity index (χ4v) is 1.43. The molecule has 0 N–H and O–H groups in total. The third-order valence-electron chi connectivity index (χ3n) is 2.04. The largest absolute Gasteiger partial charge is 0.275 e. The second-order valence-corrected chi connectivity index (χ2v) is 3.10. The van der Waals surface area contributed by atoms with Crippen molar-refractivity contribution in [2.45, 2.75) is 0 Å². The Bertz CT molecular complexity index is 594. The summed E-state index contributed by atoms with van der Waals surface area (Å²) in [6, 6.07) is 4.54. The highest BCUT2D eigenvalue weighted by Gasteiger charge is 2.13. The van der Waals surface area contributed by atoms with Crippen LogP contribution in [0.5, 0.6) is 0 Å². The summed E-state index contributed by atoms with van der Waals surface area (Å²) in [5.41, 5.74) is 0.623. The number of nitrogens with zero attached hydrogens (tertiary/aromatic N) is 4. The quantitative estimate of drug-likeness (QED) is 0.516. The lowest BCUT2D eigenvalue weighted by atomic mass is 10.1. The minimum Gasteiger partial charge on any atom is -0.275 e. The second-order valence-electron chi connectivity index (χ2n) is 3.10. The molecule has 6 nitrogen and oxygen atoms in total. The molecule has 1 heterocycles. The fourth-order valence-electron chi connectivity index (χ4n) is 1.43. The van der Waals surface area contributed by atoms with Crippen LogP contribution in [0.1, 0.15) is 5.56 Å². The Hall–Kier alpha value is -2.42. The second kappa shape index (κ2) is 3.06. The Morgan fingerprint density at radius 3 is 2.93 bits per heavy atom. The van der Waals surface area contributed by atoms with E-state index in [4.69, 9.17) is 5.26 Å². The molecular formula is C9H6N4O2. The van der Waals surface area contributed by atoms with Crippen molar-refractivity contribution in [3.8, 4) is 6.07 Å². The molecule has 0 bridgehead atoms. The van der Waals surface area contributed by atoms with Crippen molar-refractivity contribution in [3.05, 3.63) is 34.0 Å². The first kappa shape index (κ1) is 9.15. The van der Waals surface area contributed by atoms with Crippen LogP contribution in [0.3, 0.4) is 0 Å². The van der Waals surface area contributed by atoms with Crippen molar-refractivity contribution in [2.75, 3.05) is 0 Å². The number of nitro benzene ring substituents is 1. The van der Waals surface area contributed by atoms with Gasteiger partial charge in [-0.1, -0.05) is 0 Å². The summed E-state index contributed by atoms with van der Waals surface area (Å²) in [7, 11) is 1.70. The summed E-state index contributed by atoms with van der Waals surface area (Å²) in [6.07, 6.45) is 1.64. The van der Waals surface area contributed by atoms with Crippen molar-refractivity contribution in [2.24, 2.45) is 7.05 Å². The summed E-state index contributed by atoms with van der Waals surface area (Å²) >= 11 is 0. The van der Waals surface area contributed by atoms with Crippen LogP contribution in [-0.4, -0.2) is 14.7 Å². The summed E-state index contributed by atoms with van der Waals surface area (Å²) in [5, 5.41) is 24.1. The van der Waals surface area contributed by atoms with Crippen LogP contribution in [-0.2, 0) is 7.05 Å². The average molecular weight is 202 g/mol. The zero-order valence-electron chi connectivity index (χ0n) is 7.84. The van der Waals surface area contributed by atoms with Gasteiger partial charge in [0, 0.05) is 30.8 Å². The van der Waals surface area contributed by atoms with E-state index in [1.165, 1.54) is 16.8 Å². The van der Waals surface area contributed by atoms with Gasteiger partial charge >= 0.3 is 0 Å². The molecule has 1 aromatic heterocycles. The number of hydrogen-bond acceptors (Lipinski definition) is 4. The number of nitro groups is 1. The molecule has 0 fully saturated rings. The number of rotatable bonds is 1. The summed E-state index contributed by atoms with van der Waals surface area (Å²) in [6.45, 7) is 0. The van der Waals surface area contributed by atoms with E-state index in [0.717, 1.165) is 0 Å². The van der Waals surface area contributed by atoms with E-state index in [0.29, 0.717) is 10.9 Å². The molecule has 0 amide bonds. The number of benzene rings is 1. The van der Waals surface area contributed by atoms with E-state index in [9.17, 15) is 10.1 Å². The third-order valence-corrected chi connectivity index (χ3v) is 2.04. The van der Waals surface area contributed by atoms with Crippen molar-refractivity contribution in [1.29, 1.82) is 5.26 Å². The standard InChI is InChI=1S/C9H6N4O2/c1-12-5-7-3-8(13(14)15)2-6(4-10)9(7)11-12/h2-3,5H,1H3. The molecule has 1 aromatic carbocycles. The highest BCUT2D eigenvalue weighted by atomic mass is 16.6. The van der Waals surface area contributed by atoms with Gasteiger partial charge in [-0.2, -0.15) is 10.4 Å². The molecule has 0 spiro atoms. The topological polar surface area (TPSA) is 84.7 Å². The van der Waals surface area contributed by atoms with Crippen LogP contribution in [0.4, 0.5) is 5.69 Å². The highest BCUT2D eigenvalue weighted by Crippen LogP contribution is 2.23. The van der Waals surface area contributed by atoms with E-state index >= 15 is 0 Å². The van der Waals surface area contributed by atoms with E-state index in [2.05, 4.69) is 5.10 Å². The summed E-state index contributed by atoms with van der Waals surface area (Å²) in [5.74, 6) is 0. The molecule has 0 saturated carbocycles. The molecular weight excluding hydrogens is 196 g/mol. The molecule has 74 valence electrons. The molecule has 0 saturated heterocycles. The highest BCUT2D eigenvalue weighted by molar-refractivity contribution is 5.86. The van der Waals surface area contributed by atoms with Gasteiger partial charge in [0.1, 0.15) is 11.6 Å². The number of nitriles is 1. The Kier molecular flexibility index (Phi) is 1.87. The van der Waals surface area contributed by atoms with Crippen molar-refractivity contribution in [1.82, 2.24) is 9.78 Å². The van der Waals surface area contributed by atoms with Gasteiger partial charge < -0.3 is 0 Å². The van der Waals surface area contributed by atoms with Gasteiger partial charge in [-0.05, 0) is 0 Å². The van der Waals surface area contributed by atoms with Crippen molar-refractivity contribution in [3.63, 3.8) is 0 Å². The summed E-state index contributed by atoms with van der Waals surface area (Å²) in [4.78, 5) is 10.1. The lowest BCUT2D eigenvalue weighted by Crippen LogP contribution is -1.90. The van der Waals surface area contributed by atoms with Gasteiger partial charge in [0.15, 0.2) is 0 Å². The molecule has 0 unspecified atom stereocenters. The van der Waals surface area contributed by atoms with E-state index in [-0.39, 0.29) is 11.3 Å². The van der Waals surface area contributed by atoms with Crippen LogP contribution in [0, 0.1) is 21.4 Å². The van der Waals surface area contributed by atoms with Crippen LogP contribution >= 0.6 is 0 Å². The SMILES string of the molecule is Cn1cc2cc([N+](=O)[O-])cc(C#N)c2n1. The minimum atomic E-state index is -0.521. The minimum absolute atomic E-state index is 0.0907. The maximum Gasteiger partial charge on any atom is 0.271 e. The average Bonchev–Trinajstić information content (AvgIpc) is 2.56. The van der Waals surface area contributed by atoms with Gasteiger partial charge in [0.2, 0.25) is 0 Å². The number of aromatic nitrogens is 2. The molecule has 0 aliphatic heterocycles. The van der Waals surface area contributed by atoms with Crippen LogP contribution in [0.25, 0.3) is 10.9 Å². The van der Waals surface area contributed by atoms with Crippen molar-refractivity contribution >= 4 is 16.6 Å². The van der Waals surface area contributed by atoms with Gasteiger partial charge in [-0.25, -0.2) is 0 Å². The first-order valence-electron chi connectivity index (χ1n) is 4.13. The monoisotopic (exact) mass is 202 g/mol. The van der Waals surface area contributed by atoms with E-state index in [1.54, 1.807) is 13.2 Å².